The molecule has 9 heteroatoms. The van der Waals surface area contributed by atoms with Gasteiger partial charge in [0.25, 0.3) is 0 Å². The molecule has 1 N–H and O–H groups in total. The topological polar surface area (TPSA) is 93.8 Å². The lowest BCUT2D eigenvalue weighted by Crippen LogP contribution is -2.38. The summed E-state index contributed by atoms with van der Waals surface area (Å²) in [7, 11) is 2.95. The van der Waals surface area contributed by atoms with Gasteiger partial charge in [0.1, 0.15) is 12.3 Å². The highest BCUT2D eigenvalue weighted by molar-refractivity contribution is 6.31. The molecule has 0 bridgehead atoms. The number of para-hydroxylation sites is 2. The molecule has 2 amide bonds. The highest BCUT2D eigenvalue weighted by Gasteiger charge is 2.18. The second kappa shape index (κ2) is 8.18. The first kappa shape index (κ1) is 19.5. The third kappa shape index (κ3) is 4.17. The lowest BCUT2D eigenvalue weighted by molar-refractivity contribution is -0.133. The van der Waals surface area contributed by atoms with Gasteiger partial charge in [-0.2, -0.15) is 0 Å². The maximum atomic E-state index is 12.5. The smallest absolute Gasteiger partial charge is 0.420 e. The van der Waals surface area contributed by atoms with Gasteiger partial charge in [0.2, 0.25) is 11.8 Å². The zero-order chi connectivity index (χ0) is 20.3. The van der Waals surface area contributed by atoms with Crippen molar-refractivity contribution in [1.29, 1.82) is 0 Å². The summed E-state index contributed by atoms with van der Waals surface area (Å²) in [5, 5.41) is 3.10. The number of ether oxygens (including phenoxy) is 1. The minimum absolute atomic E-state index is 0.209. The average molecular weight is 404 g/mol. The Morgan fingerprint density at radius 1 is 1.25 bits per heavy atom. The van der Waals surface area contributed by atoms with Crippen LogP contribution < -0.4 is 15.8 Å². The molecular weight excluding hydrogens is 386 g/mol. The van der Waals surface area contributed by atoms with E-state index in [-0.39, 0.29) is 13.1 Å². The van der Waals surface area contributed by atoms with Crippen LogP contribution in [0.3, 0.4) is 0 Å². The Labute approximate surface area is 165 Å². The van der Waals surface area contributed by atoms with Gasteiger partial charge in [-0.1, -0.05) is 23.7 Å². The van der Waals surface area contributed by atoms with Gasteiger partial charge in [0.15, 0.2) is 5.58 Å². The Hall–Kier alpha value is -3.26. The van der Waals surface area contributed by atoms with Crippen LogP contribution in [0, 0.1) is 0 Å². The monoisotopic (exact) mass is 403 g/mol. The number of hydrogen-bond donors (Lipinski definition) is 1. The Kier molecular flexibility index (Phi) is 5.70. The molecule has 0 fully saturated rings. The van der Waals surface area contributed by atoms with E-state index >= 15 is 0 Å². The van der Waals surface area contributed by atoms with Crippen molar-refractivity contribution in [3.8, 4) is 5.75 Å². The number of aromatic nitrogens is 1. The van der Waals surface area contributed by atoms with E-state index in [0.717, 1.165) is 0 Å². The number of likely N-dealkylation sites (N-methyl/N-ethyl adjacent to an activating group) is 1. The number of carbonyl (C=O) groups is 2. The van der Waals surface area contributed by atoms with Gasteiger partial charge in [-0.15, -0.1) is 0 Å². The van der Waals surface area contributed by atoms with Crippen molar-refractivity contribution in [1.82, 2.24) is 9.47 Å². The maximum Gasteiger partial charge on any atom is 0.420 e. The number of amides is 2. The molecule has 28 heavy (non-hydrogen) atoms. The van der Waals surface area contributed by atoms with Crippen LogP contribution in [0.2, 0.25) is 5.02 Å². The van der Waals surface area contributed by atoms with Crippen LogP contribution in [0.15, 0.2) is 51.7 Å². The minimum Gasteiger partial charge on any atom is -0.495 e. The van der Waals surface area contributed by atoms with Crippen molar-refractivity contribution in [3.05, 3.63) is 58.0 Å². The lowest BCUT2D eigenvalue weighted by Gasteiger charge is -2.17. The highest BCUT2D eigenvalue weighted by Crippen LogP contribution is 2.27. The van der Waals surface area contributed by atoms with E-state index in [2.05, 4.69) is 5.32 Å². The zero-order valence-corrected chi connectivity index (χ0v) is 16.0. The van der Waals surface area contributed by atoms with Crippen molar-refractivity contribution in [2.24, 2.45) is 0 Å². The molecule has 0 spiro atoms. The van der Waals surface area contributed by atoms with Crippen LogP contribution in [-0.4, -0.2) is 42.0 Å². The number of carbonyl (C=O) groups excluding carboxylic acids is 2. The van der Waals surface area contributed by atoms with E-state index in [0.29, 0.717) is 27.6 Å². The molecule has 0 saturated carbocycles. The zero-order valence-electron chi connectivity index (χ0n) is 15.3. The number of benzene rings is 2. The molecule has 1 heterocycles. The van der Waals surface area contributed by atoms with Gasteiger partial charge >= 0.3 is 5.76 Å². The molecule has 0 aliphatic heterocycles. The molecule has 146 valence electrons. The Bertz CT molecular complexity index is 1090. The first-order valence-corrected chi connectivity index (χ1v) is 8.72. The van der Waals surface area contributed by atoms with Crippen LogP contribution in [0.4, 0.5) is 5.69 Å². The number of oxazole rings is 1. The van der Waals surface area contributed by atoms with E-state index in [4.69, 9.17) is 20.8 Å². The quantitative estimate of drug-likeness (QED) is 0.681. The second-order valence-electron chi connectivity index (χ2n) is 6.06. The Morgan fingerprint density at radius 3 is 2.75 bits per heavy atom. The van der Waals surface area contributed by atoms with Crippen molar-refractivity contribution in [2.75, 3.05) is 26.0 Å². The summed E-state index contributed by atoms with van der Waals surface area (Å²) < 4.78 is 11.5. The predicted molar refractivity (Wildman–Crippen MR) is 105 cm³/mol. The molecule has 0 aliphatic rings. The third-order valence-electron chi connectivity index (χ3n) is 4.11. The number of fused-ring (bicyclic) bond motifs is 1. The third-order valence-corrected chi connectivity index (χ3v) is 4.34. The minimum atomic E-state index is -0.629. The Morgan fingerprint density at radius 2 is 2.00 bits per heavy atom. The number of halogens is 1. The molecule has 0 unspecified atom stereocenters. The van der Waals surface area contributed by atoms with Crippen LogP contribution >= 0.6 is 11.6 Å². The van der Waals surface area contributed by atoms with E-state index in [9.17, 15) is 14.4 Å². The fraction of sp³-hybridized carbons (Fsp3) is 0.211. The van der Waals surface area contributed by atoms with Crippen LogP contribution in [0.5, 0.6) is 5.75 Å². The number of hydrogen-bond acceptors (Lipinski definition) is 5. The van der Waals surface area contributed by atoms with Gasteiger partial charge in [-0.05, 0) is 30.3 Å². The van der Waals surface area contributed by atoms with E-state index < -0.39 is 17.6 Å². The fourth-order valence-electron chi connectivity index (χ4n) is 2.69. The molecule has 1 aromatic heterocycles. The van der Waals surface area contributed by atoms with Gasteiger partial charge in [-0.3, -0.25) is 14.2 Å². The van der Waals surface area contributed by atoms with Crippen LogP contribution in [0.25, 0.3) is 11.1 Å². The Balaban J connectivity index is 1.67. The molecular formula is C19H18ClN3O5. The van der Waals surface area contributed by atoms with E-state index in [1.165, 1.54) is 23.6 Å². The molecule has 3 rings (SSSR count). The molecule has 0 atom stereocenters. The van der Waals surface area contributed by atoms with Crippen molar-refractivity contribution in [3.63, 3.8) is 0 Å². The van der Waals surface area contributed by atoms with Crippen molar-refractivity contribution < 1.29 is 18.7 Å². The molecule has 2 aromatic carbocycles. The molecule has 0 saturated heterocycles. The number of methoxy groups -OCH3 is 1. The van der Waals surface area contributed by atoms with Gasteiger partial charge in [0.05, 0.1) is 24.9 Å². The van der Waals surface area contributed by atoms with E-state index in [1.54, 1.807) is 42.5 Å². The summed E-state index contributed by atoms with van der Waals surface area (Å²) in [5.41, 5.74) is 1.31. The predicted octanol–water partition coefficient (Wildman–Crippen LogP) is 2.35. The normalized spacial score (nSPS) is 10.7. The highest BCUT2D eigenvalue weighted by atomic mass is 35.5. The molecule has 8 nitrogen and oxygen atoms in total. The summed E-state index contributed by atoms with van der Waals surface area (Å²) in [5.74, 6) is -1.03. The second-order valence-corrected chi connectivity index (χ2v) is 6.50. The molecule has 0 aliphatic carbocycles. The summed E-state index contributed by atoms with van der Waals surface area (Å²) in [4.78, 5) is 38.0. The first-order chi connectivity index (χ1) is 13.4. The van der Waals surface area contributed by atoms with Crippen molar-refractivity contribution >= 4 is 40.2 Å². The van der Waals surface area contributed by atoms with Gasteiger partial charge < -0.3 is 19.4 Å². The summed E-state index contributed by atoms with van der Waals surface area (Å²) >= 11 is 5.94. The van der Waals surface area contributed by atoms with Gasteiger partial charge in [0, 0.05) is 12.1 Å². The molecule has 0 radical (unpaired) electrons. The summed E-state index contributed by atoms with van der Waals surface area (Å²) in [6.07, 6.45) is 0. The molecule has 3 aromatic rings. The summed E-state index contributed by atoms with van der Waals surface area (Å²) in [6, 6.07) is 11.6. The largest absolute Gasteiger partial charge is 0.495 e. The number of nitrogens with zero attached hydrogens (tertiary/aromatic N) is 2. The van der Waals surface area contributed by atoms with Gasteiger partial charge in [-0.25, -0.2) is 4.79 Å². The summed E-state index contributed by atoms with van der Waals surface area (Å²) in [6.45, 7) is -0.445. The number of nitrogens with one attached hydrogen (secondary N) is 1. The van der Waals surface area contributed by atoms with Crippen molar-refractivity contribution in [2.45, 2.75) is 6.54 Å². The number of anilines is 1. The standard InChI is InChI=1S/C19H18ClN3O5/c1-22(10-17(24)21-13-9-12(20)7-8-15(13)27-2)18(25)11-23-14-5-3-4-6-16(14)28-19(23)26/h3-9H,10-11H2,1-2H3,(H,21,24). The van der Waals surface area contributed by atoms with Crippen LogP contribution in [-0.2, 0) is 16.1 Å². The average Bonchev–Trinajstić information content (AvgIpc) is 2.97. The maximum absolute atomic E-state index is 12.5. The lowest BCUT2D eigenvalue weighted by atomic mass is 10.3. The first-order valence-electron chi connectivity index (χ1n) is 8.34. The number of rotatable bonds is 6. The SMILES string of the molecule is COc1ccc(Cl)cc1NC(=O)CN(C)C(=O)Cn1c(=O)oc2ccccc21. The van der Waals surface area contributed by atoms with E-state index in [1.807, 2.05) is 0 Å². The van der Waals surface area contributed by atoms with Crippen LogP contribution in [0.1, 0.15) is 0 Å². The fourth-order valence-corrected chi connectivity index (χ4v) is 2.86.